The molecule has 1 heterocycles. The molecule has 108 valence electrons. The van der Waals surface area contributed by atoms with Gasteiger partial charge in [0.1, 0.15) is 6.61 Å². The van der Waals surface area contributed by atoms with Gasteiger partial charge in [-0.1, -0.05) is 0 Å². The van der Waals surface area contributed by atoms with Crippen LogP contribution >= 0.6 is 27.3 Å². The van der Waals surface area contributed by atoms with Gasteiger partial charge in [0.2, 0.25) is 0 Å². The van der Waals surface area contributed by atoms with E-state index in [9.17, 15) is 8.78 Å². The zero-order chi connectivity index (χ0) is 14.7. The minimum atomic E-state index is -0.701. The molecule has 0 fully saturated rings. The smallest absolute Gasteiger partial charge is 0.191 e. The van der Waals surface area contributed by atoms with E-state index in [1.165, 1.54) is 23.5 Å². The summed E-state index contributed by atoms with van der Waals surface area (Å²) in [7, 11) is 0. The van der Waals surface area contributed by atoms with Crippen LogP contribution < -0.4 is 10.5 Å². The zero-order valence-electron chi connectivity index (χ0n) is 10.8. The van der Waals surface area contributed by atoms with Crippen molar-refractivity contribution in [2.75, 3.05) is 0 Å². The number of benzene rings is 1. The van der Waals surface area contributed by atoms with Crippen LogP contribution in [0.4, 0.5) is 8.78 Å². The maximum atomic E-state index is 13.9. The summed E-state index contributed by atoms with van der Waals surface area (Å²) in [6.07, 6.45) is 0.421. The fourth-order valence-electron chi connectivity index (χ4n) is 1.81. The van der Waals surface area contributed by atoms with Crippen LogP contribution in [0.3, 0.4) is 0 Å². The normalized spacial score (nSPS) is 12.4. The predicted octanol–water partition coefficient (Wildman–Crippen LogP) is 4.26. The van der Waals surface area contributed by atoms with Crippen LogP contribution in [0.2, 0.25) is 0 Å². The van der Waals surface area contributed by atoms with Crippen molar-refractivity contribution in [3.8, 4) is 5.75 Å². The molecule has 2 aromatic rings. The van der Waals surface area contributed by atoms with Crippen molar-refractivity contribution in [1.29, 1.82) is 0 Å². The van der Waals surface area contributed by atoms with E-state index in [-0.39, 0.29) is 18.4 Å². The van der Waals surface area contributed by atoms with Crippen molar-refractivity contribution in [3.05, 3.63) is 50.1 Å². The molecule has 2 N–H and O–H groups in total. The second-order valence-electron chi connectivity index (χ2n) is 4.55. The van der Waals surface area contributed by atoms with E-state index in [2.05, 4.69) is 15.9 Å². The maximum Gasteiger partial charge on any atom is 0.191 e. The molecule has 6 heteroatoms. The third kappa shape index (κ3) is 3.77. The average molecular weight is 362 g/mol. The minimum absolute atomic E-state index is 0.124. The van der Waals surface area contributed by atoms with Crippen molar-refractivity contribution in [3.63, 3.8) is 0 Å². The molecule has 1 atom stereocenters. The molecular formula is C14H14BrF2NOS. The molecule has 2 nitrogen and oxygen atoms in total. The van der Waals surface area contributed by atoms with Gasteiger partial charge in [-0.25, -0.2) is 8.78 Å². The molecule has 0 spiro atoms. The fourth-order valence-corrected chi connectivity index (χ4v) is 3.18. The van der Waals surface area contributed by atoms with E-state index in [0.29, 0.717) is 12.0 Å². The van der Waals surface area contributed by atoms with Crippen LogP contribution in [0.25, 0.3) is 0 Å². The Hall–Kier alpha value is -0.980. The van der Waals surface area contributed by atoms with Crippen LogP contribution in [-0.2, 0) is 13.0 Å². The summed E-state index contributed by atoms with van der Waals surface area (Å²) < 4.78 is 33.9. The van der Waals surface area contributed by atoms with Gasteiger partial charge in [-0.15, -0.1) is 11.3 Å². The molecule has 1 aromatic carbocycles. The fraction of sp³-hybridized carbons (Fsp3) is 0.286. The molecule has 0 radical (unpaired) electrons. The Bertz CT molecular complexity index is 578. The first kappa shape index (κ1) is 15.4. The first-order valence-electron chi connectivity index (χ1n) is 6.05. The molecule has 1 aromatic heterocycles. The maximum absolute atomic E-state index is 13.9. The first-order chi connectivity index (χ1) is 9.47. The average Bonchev–Trinajstić information content (AvgIpc) is 2.73. The third-order valence-corrected chi connectivity index (χ3v) is 4.55. The third-order valence-electron chi connectivity index (χ3n) is 2.65. The van der Waals surface area contributed by atoms with E-state index >= 15 is 0 Å². The van der Waals surface area contributed by atoms with Crippen LogP contribution in [0, 0.1) is 11.6 Å². The molecule has 20 heavy (non-hydrogen) atoms. The molecule has 1 unspecified atom stereocenters. The van der Waals surface area contributed by atoms with Gasteiger partial charge in [0, 0.05) is 10.5 Å². The summed E-state index contributed by atoms with van der Waals surface area (Å²) >= 11 is 4.80. The van der Waals surface area contributed by atoms with Crippen molar-refractivity contribution < 1.29 is 13.5 Å². The quantitative estimate of drug-likeness (QED) is 0.863. The SMILES string of the molecule is CC(N)Cc1cc(F)c(OCc2sccc2Br)c(F)c1. The Balaban J connectivity index is 2.14. The van der Waals surface area contributed by atoms with Gasteiger partial charge >= 0.3 is 0 Å². The number of nitrogens with two attached hydrogens (primary N) is 1. The molecule has 0 aliphatic carbocycles. The number of ether oxygens (including phenoxy) is 1. The van der Waals surface area contributed by atoms with E-state index in [0.717, 1.165) is 9.35 Å². The highest BCUT2D eigenvalue weighted by Crippen LogP contribution is 2.28. The number of rotatable bonds is 5. The van der Waals surface area contributed by atoms with Gasteiger partial charge in [0.15, 0.2) is 17.4 Å². The summed E-state index contributed by atoms with van der Waals surface area (Å²) in [6, 6.07) is 4.25. The molecule has 0 aliphatic heterocycles. The highest BCUT2D eigenvalue weighted by atomic mass is 79.9. The predicted molar refractivity (Wildman–Crippen MR) is 80.1 cm³/mol. The zero-order valence-corrected chi connectivity index (χ0v) is 13.2. The van der Waals surface area contributed by atoms with Gasteiger partial charge in [0.25, 0.3) is 0 Å². The van der Waals surface area contributed by atoms with Crippen LogP contribution in [0.15, 0.2) is 28.1 Å². The molecule has 0 amide bonds. The second kappa shape index (κ2) is 6.65. The van der Waals surface area contributed by atoms with E-state index in [1.807, 2.05) is 11.4 Å². The van der Waals surface area contributed by atoms with Gasteiger partial charge in [-0.05, 0) is 58.4 Å². The first-order valence-corrected chi connectivity index (χ1v) is 7.72. The van der Waals surface area contributed by atoms with E-state index in [4.69, 9.17) is 10.5 Å². The molecule has 0 aliphatic rings. The highest BCUT2D eigenvalue weighted by molar-refractivity contribution is 9.10. The minimum Gasteiger partial charge on any atom is -0.482 e. The molecule has 2 rings (SSSR count). The Labute approximate surface area is 128 Å². The van der Waals surface area contributed by atoms with Crippen LogP contribution in [0.5, 0.6) is 5.75 Å². The summed E-state index contributed by atoms with van der Waals surface area (Å²) in [4.78, 5) is 0.878. The standard InChI is InChI=1S/C14H14BrF2NOS/c1-8(18)4-9-5-11(16)14(12(17)6-9)19-7-13-10(15)2-3-20-13/h2-3,5-6,8H,4,7,18H2,1H3. The molecule has 0 bridgehead atoms. The summed E-state index contributed by atoms with van der Waals surface area (Å²) in [5, 5.41) is 1.88. The Morgan fingerprint density at radius 2 is 2.00 bits per heavy atom. The van der Waals surface area contributed by atoms with E-state index in [1.54, 1.807) is 6.92 Å². The number of hydrogen-bond acceptors (Lipinski definition) is 3. The van der Waals surface area contributed by atoms with Crippen molar-refractivity contribution in [2.45, 2.75) is 26.0 Å². The van der Waals surface area contributed by atoms with Gasteiger partial charge < -0.3 is 10.5 Å². The molecule has 0 saturated carbocycles. The lowest BCUT2D eigenvalue weighted by molar-refractivity contribution is 0.276. The highest BCUT2D eigenvalue weighted by Gasteiger charge is 2.14. The van der Waals surface area contributed by atoms with Crippen LogP contribution in [0.1, 0.15) is 17.4 Å². The van der Waals surface area contributed by atoms with Crippen molar-refractivity contribution in [2.24, 2.45) is 5.73 Å². The molecular weight excluding hydrogens is 348 g/mol. The topological polar surface area (TPSA) is 35.2 Å². The lowest BCUT2D eigenvalue weighted by Crippen LogP contribution is -2.18. The monoisotopic (exact) mass is 361 g/mol. The van der Waals surface area contributed by atoms with Gasteiger partial charge in [-0.2, -0.15) is 0 Å². The number of hydrogen-bond donors (Lipinski definition) is 1. The lowest BCUT2D eigenvalue weighted by atomic mass is 10.1. The summed E-state index contributed by atoms with van der Waals surface area (Å²) in [6.45, 7) is 1.91. The summed E-state index contributed by atoms with van der Waals surface area (Å²) in [5.74, 6) is -1.75. The number of thiophene rings is 1. The largest absolute Gasteiger partial charge is 0.482 e. The summed E-state index contributed by atoms with van der Waals surface area (Å²) in [5.41, 5.74) is 6.15. The Morgan fingerprint density at radius 3 is 2.50 bits per heavy atom. The molecule has 0 saturated heterocycles. The van der Waals surface area contributed by atoms with Crippen molar-refractivity contribution >= 4 is 27.3 Å². The van der Waals surface area contributed by atoms with Gasteiger partial charge in [-0.3, -0.25) is 0 Å². The van der Waals surface area contributed by atoms with Crippen molar-refractivity contribution in [1.82, 2.24) is 0 Å². The Morgan fingerprint density at radius 1 is 1.35 bits per heavy atom. The van der Waals surface area contributed by atoms with Gasteiger partial charge in [0.05, 0.1) is 4.88 Å². The van der Waals surface area contributed by atoms with E-state index < -0.39 is 11.6 Å². The van der Waals surface area contributed by atoms with Crippen LogP contribution in [-0.4, -0.2) is 6.04 Å². The number of halogens is 3. The Kier molecular flexibility index (Phi) is 5.12. The second-order valence-corrected chi connectivity index (χ2v) is 6.41. The lowest BCUT2D eigenvalue weighted by Gasteiger charge is -2.11.